The van der Waals surface area contributed by atoms with Crippen molar-refractivity contribution in [2.75, 3.05) is 7.11 Å². The van der Waals surface area contributed by atoms with Gasteiger partial charge in [-0.05, 0) is 23.8 Å². The van der Waals surface area contributed by atoms with Gasteiger partial charge in [-0.15, -0.1) is 0 Å². The fourth-order valence-corrected chi connectivity index (χ4v) is 2.77. The van der Waals surface area contributed by atoms with Crippen molar-refractivity contribution < 1.29 is 44.6 Å². The number of methoxy groups -OCH3 is 1. The molecule has 0 aliphatic heterocycles. The molecule has 0 heterocycles. The summed E-state index contributed by atoms with van der Waals surface area (Å²) in [6, 6.07) is 3.90. The fourth-order valence-electron chi connectivity index (χ4n) is 2.77. The molecule has 142 valence electrons. The molecule has 4 unspecified atom stereocenters. The van der Waals surface area contributed by atoms with Crippen molar-refractivity contribution in [3.63, 3.8) is 0 Å². The number of hydrogen-bond donors (Lipinski definition) is 5. The average Bonchev–Trinajstić information content (AvgIpc) is 2.59. The summed E-state index contributed by atoms with van der Waals surface area (Å²) in [5.74, 6) is -2.89. The summed E-state index contributed by atoms with van der Waals surface area (Å²) in [6.07, 6.45) is -2.51. The first-order valence-corrected chi connectivity index (χ1v) is 7.74. The Hall–Kier alpha value is -2.62. The molecule has 0 radical (unpaired) electrons. The maximum atomic E-state index is 12.0. The van der Waals surface area contributed by atoms with E-state index in [4.69, 9.17) is 9.47 Å². The van der Waals surface area contributed by atoms with Crippen LogP contribution in [0.3, 0.4) is 0 Å². The standard InChI is InChI=1S/C17H20O9/c1-25-17(16(23)24)7-12(20)15(22)13(8-17)26-14(21)5-3-9-2-4-10(18)11(19)6-9/h2-6,12-13,15,18-20,22H,7-8H2,1H3,(H,23,24)/b5-3-. The first-order chi connectivity index (χ1) is 12.2. The summed E-state index contributed by atoms with van der Waals surface area (Å²) in [7, 11) is 1.16. The van der Waals surface area contributed by atoms with Crippen molar-refractivity contribution in [3.05, 3.63) is 29.8 Å². The summed E-state index contributed by atoms with van der Waals surface area (Å²) < 4.78 is 10.1. The number of carboxylic acid groups (broad SMARTS) is 1. The van der Waals surface area contributed by atoms with Crippen molar-refractivity contribution in [2.45, 2.75) is 36.8 Å². The van der Waals surface area contributed by atoms with Crippen LogP contribution in [0.25, 0.3) is 6.08 Å². The molecule has 2 rings (SSSR count). The van der Waals surface area contributed by atoms with Crippen LogP contribution in [-0.2, 0) is 19.1 Å². The minimum atomic E-state index is -1.77. The summed E-state index contributed by atoms with van der Waals surface area (Å²) >= 11 is 0. The number of aliphatic hydroxyl groups excluding tert-OH is 2. The lowest BCUT2D eigenvalue weighted by Gasteiger charge is -2.41. The minimum Gasteiger partial charge on any atom is -0.504 e. The van der Waals surface area contributed by atoms with E-state index in [9.17, 15) is 35.1 Å². The van der Waals surface area contributed by atoms with Crippen LogP contribution in [0.1, 0.15) is 18.4 Å². The zero-order chi connectivity index (χ0) is 19.5. The van der Waals surface area contributed by atoms with Crippen LogP contribution in [0.4, 0.5) is 0 Å². The molecule has 1 fully saturated rings. The molecule has 0 saturated heterocycles. The monoisotopic (exact) mass is 368 g/mol. The first-order valence-electron chi connectivity index (χ1n) is 7.74. The number of esters is 1. The van der Waals surface area contributed by atoms with Crippen LogP contribution in [0.15, 0.2) is 24.3 Å². The zero-order valence-corrected chi connectivity index (χ0v) is 13.9. The van der Waals surface area contributed by atoms with Crippen molar-refractivity contribution in [3.8, 4) is 11.5 Å². The van der Waals surface area contributed by atoms with Crippen LogP contribution < -0.4 is 0 Å². The number of benzene rings is 1. The predicted octanol–water partition coefficient (Wildman–Crippen LogP) is 0.00820. The lowest BCUT2D eigenvalue weighted by molar-refractivity contribution is -0.201. The molecule has 1 aliphatic carbocycles. The molecular formula is C17H20O9. The molecule has 9 nitrogen and oxygen atoms in total. The van der Waals surface area contributed by atoms with E-state index in [1.54, 1.807) is 0 Å². The fraction of sp³-hybridized carbons (Fsp3) is 0.412. The van der Waals surface area contributed by atoms with Gasteiger partial charge in [0.25, 0.3) is 0 Å². The minimum absolute atomic E-state index is 0.311. The molecule has 0 amide bonds. The van der Waals surface area contributed by atoms with Gasteiger partial charge in [0.2, 0.25) is 0 Å². The third-order valence-electron chi connectivity index (χ3n) is 4.30. The van der Waals surface area contributed by atoms with Gasteiger partial charge in [0.15, 0.2) is 17.1 Å². The van der Waals surface area contributed by atoms with Crippen LogP contribution in [0.5, 0.6) is 11.5 Å². The van der Waals surface area contributed by atoms with Gasteiger partial charge in [0, 0.05) is 26.0 Å². The lowest BCUT2D eigenvalue weighted by Crippen LogP contribution is -2.57. The van der Waals surface area contributed by atoms with Gasteiger partial charge in [0.05, 0.1) is 6.10 Å². The van der Waals surface area contributed by atoms with Crippen molar-refractivity contribution >= 4 is 18.0 Å². The Morgan fingerprint density at radius 2 is 1.88 bits per heavy atom. The molecule has 0 bridgehead atoms. The Kier molecular flexibility index (Phi) is 5.86. The summed E-state index contributed by atoms with van der Waals surface area (Å²) in [4.78, 5) is 23.4. The second-order valence-corrected chi connectivity index (χ2v) is 6.03. The molecule has 1 saturated carbocycles. The van der Waals surface area contributed by atoms with Crippen molar-refractivity contribution in [2.24, 2.45) is 0 Å². The summed E-state index contributed by atoms with van der Waals surface area (Å²) in [6.45, 7) is 0. The largest absolute Gasteiger partial charge is 0.504 e. The Labute approximate surface area is 148 Å². The second-order valence-electron chi connectivity index (χ2n) is 6.03. The molecule has 0 spiro atoms. The number of carbonyl (C=O) groups is 2. The van der Waals surface area contributed by atoms with Gasteiger partial charge >= 0.3 is 11.9 Å². The number of ether oxygens (including phenoxy) is 2. The molecule has 9 heteroatoms. The predicted molar refractivity (Wildman–Crippen MR) is 87.3 cm³/mol. The van der Waals surface area contributed by atoms with E-state index in [0.29, 0.717) is 5.56 Å². The highest BCUT2D eigenvalue weighted by molar-refractivity contribution is 5.87. The van der Waals surface area contributed by atoms with Gasteiger partial charge in [-0.1, -0.05) is 6.07 Å². The Balaban J connectivity index is 2.09. The van der Waals surface area contributed by atoms with E-state index in [1.807, 2.05) is 0 Å². The number of aliphatic carboxylic acids is 1. The summed E-state index contributed by atoms with van der Waals surface area (Å²) in [5, 5.41) is 47.8. The van der Waals surface area contributed by atoms with Gasteiger partial charge in [-0.3, -0.25) is 0 Å². The van der Waals surface area contributed by atoms with E-state index in [0.717, 1.165) is 13.2 Å². The normalized spacial score (nSPS) is 28.8. The topological polar surface area (TPSA) is 154 Å². The lowest BCUT2D eigenvalue weighted by atomic mass is 9.79. The van der Waals surface area contributed by atoms with E-state index in [2.05, 4.69) is 0 Å². The SMILES string of the molecule is COC1(C(=O)O)CC(O)C(O)C(OC(=O)/C=C\c2ccc(O)c(O)c2)C1. The number of phenolic OH excluding ortho intramolecular Hbond substituents is 2. The molecule has 5 N–H and O–H groups in total. The van der Waals surface area contributed by atoms with Crippen molar-refractivity contribution in [1.82, 2.24) is 0 Å². The first kappa shape index (κ1) is 19.7. The number of carbonyl (C=O) groups excluding carboxylic acids is 1. The average molecular weight is 368 g/mol. The molecular weight excluding hydrogens is 348 g/mol. The molecule has 1 aliphatic rings. The number of aliphatic hydroxyl groups is 2. The van der Waals surface area contributed by atoms with Crippen LogP contribution in [-0.4, -0.2) is 68.5 Å². The molecule has 1 aromatic rings. The number of phenols is 2. The number of hydrogen-bond acceptors (Lipinski definition) is 8. The zero-order valence-electron chi connectivity index (χ0n) is 13.9. The van der Waals surface area contributed by atoms with Crippen molar-refractivity contribution in [1.29, 1.82) is 0 Å². The highest BCUT2D eigenvalue weighted by atomic mass is 16.6. The Morgan fingerprint density at radius 1 is 1.19 bits per heavy atom. The van der Waals surface area contributed by atoms with E-state index >= 15 is 0 Å². The highest BCUT2D eigenvalue weighted by Crippen LogP contribution is 2.34. The van der Waals surface area contributed by atoms with Gasteiger partial charge in [-0.25, -0.2) is 9.59 Å². The number of carboxylic acids is 1. The Morgan fingerprint density at radius 3 is 2.46 bits per heavy atom. The van der Waals surface area contributed by atoms with E-state index < -0.39 is 35.9 Å². The molecule has 1 aromatic carbocycles. The van der Waals surface area contributed by atoms with E-state index in [1.165, 1.54) is 24.3 Å². The van der Waals surface area contributed by atoms with Gasteiger partial charge in [-0.2, -0.15) is 0 Å². The highest BCUT2D eigenvalue weighted by Gasteiger charge is 2.51. The number of aromatic hydroxyl groups is 2. The quantitative estimate of drug-likeness (QED) is 0.275. The smallest absolute Gasteiger partial charge is 0.336 e. The molecule has 26 heavy (non-hydrogen) atoms. The van der Waals surface area contributed by atoms with Crippen LogP contribution >= 0.6 is 0 Å². The maximum Gasteiger partial charge on any atom is 0.336 e. The maximum absolute atomic E-state index is 12.0. The van der Waals surface area contributed by atoms with Gasteiger partial charge in [0.1, 0.15) is 12.2 Å². The molecule has 4 atom stereocenters. The van der Waals surface area contributed by atoms with Crippen LogP contribution in [0.2, 0.25) is 0 Å². The Bertz CT molecular complexity index is 714. The third-order valence-corrected chi connectivity index (χ3v) is 4.30. The third kappa shape index (κ3) is 4.13. The van der Waals surface area contributed by atoms with Crippen LogP contribution in [0, 0.1) is 0 Å². The number of rotatable bonds is 5. The molecule has 0 aromatic heterocycles. The second kappa shape index (κ2) is 7.73. The summed E-state index contributed by atoms with van der Waals surface area (Å²) in [5.41, 5.74) is -1.37. The van der Waals surface area contributed by atoms with E-state index in [-0.39, 0.29) is 24.3 Å². The van der Waals surface area contributed by atoms with Gasteiger partial charge < -0.3 is 35.0 Å².